The zero-order valence-corrected chi connectivity index (χ0v) is 19.6. The van der Waals surface area contributed by atoms with E-state index in [1.807, 2.05) is 13.8 Å². The highest BCUT2D eigenvalue weighted by atomic mass is 19.3. The van der Waals surface area contributed by atoms with Crippen molar-refractivity contribution in [1.82, 2.24) is 9.55 Å². The third-order valence-corrected chi connectivity index (χ3v) is 4.59. The van der Waals surface area contributed by atoms with E-state index in [0.29, 0.717) is 19.0 Å². The molecular formula is C21H31F2N3O9. The second-order valence-corrected chi connectivity index (χ2v) is 7.49. The Morgan fingerprint density at radius 2 is 1.66 bits per heavy atom. The predicted molar refractivity (Wildman–Crippen MR) is 117 cm³/mol. The number of nitrogens with one attached hydrogen (secondary N) is 1. The van der Waals surface area contributed by atoms with Crippen molar-refractivity contribution in [1.29, 1.82) is 0 Å². The Kier molecular flexibility index (Phi) is 12.8. The maximum atomic E-state index is 14.4. The van der Waals surface area contributed by atoms with Crippen molar-refractivity contribution in [3.8, 4) is 0 Å². The number of anilines is 1. The Morgan fingerprint density at radius 1 is 1.06 bits per heavy atom. The lowest BCUT2D eigenvalue weighted by Crippen LogP contribution is -2.53. The number of aliphatic hydroxyl groups excluding tert-OH is 2. The standard InChI is InChI=1S/C21H31F2N3O9/c1-3-5-7-11-33-19(31)25-15-9-10-26(18(30)24-15)17(29)21(22,23)16(28)14(27)13-35-20(32)34-12-8-6-4-2/h9-10,14,16,27-28H,3-8,11-13H2,1-2H3,(H,24,25,30,31)/t14-,16-/m1/s1. The van der Waals surface area contributed by atoms with Gasteiger partial charge in [0.25, 0.3) is 0 Å². The number of unbranched alkanes of at least 4 members (excludes halogenated alkanes) is 4. The number of aromatic nitrogens is 2. The highest BCUT2D eigenvalue weighted by Crippen LogP contribution is 2.23. The van der Waals surface area contributed by atoms with Crippen molar-refractivity contribution in [3.63, 3.8) is 0 Å². The van der Waals surface area contributed by atoms with Gasteiger partial charge in [-0.2, -0.15) is 13.8 Å². The van der Waals surface area contributed by atoms with Crippen LogP contribution in [0.1, 0.15) is 57.2 Å². The van der Waals surface area contributed by atoms with E-state index in [0.717, 1.165) is 31.7 Å². The van der Waals surface area contributed by atoms with Crippen LogP contribution in [-0.4, -0.2) is 75.9 Å². The van der Waals surface area contributed by atoms with Crippen molar-refractivity contribution in [2.45, 2.75) is 70.5 Å². The van der Waals surface area contributed by atoms with Crippen molar-refractivity contribution in [3.05, 3.63) is 22.7 Å². The van der Waals surface area contributed by atoms with Gasteiger partial charge in [0.05, 0.1) is 13.2 Å². The van der Waals surface area contributed by atoms with Crippen LogP contribution in [0.4, 0.5) is 24.2 Å². The molecular weight excluding hydrogens is 476 g/mol. The molecule has 0 fully saturated rings. The second-order valence-electron chi connectivity index (χ2n) is 7.49. The first-order chi connectivity index (χ1) is 16.5. The fourth-order valence-corrected chi connectivity index (χ4v) is 2.61. The second kappa shape index (κ2) is 15.0. The molecule has 0 bridgehead atoms. The highest BCUT2D eigenvalue weighted by Gasteiger charge is 2.51. The first-order valence-corrected chi connectivity index (χ1v) is 11.2. The summed E-state index contributed by atoms with van der Waals surface area (Å²) in [7, 11) is 0. The van der Waals surface area contributed by atoms with Gasteiger partial charge in [-0.25, -0.2) is 19.0 Å². The fraction of sp³-hybridized carbons (Fsp3) is 0.667. The monoisotopic (exact) mass is 507 g/mol. The molecule has 1 heterocycles. The van der Waals surface area contributed by atoms with E-state index in [1.165, 1.54) is 0 Å². The van der Waals surface area contributed by atoms with Gasteiger partial charge < -0.3 is 24.4 Å². The Hall–Kier alpha value is -3.13. The smallest absolute Gasteiger partial charge is 0.449 e. The summed E-state index contributed by atoms with van der Waals surface area (Å²) < 4.78 is 42.8. The zero-order valence-electron chi connectivity index (χ0n) is 19.6. The maximum absolute atomic E-state index is 14.4. The van der Waals surface area contributed by atoms with E-state index >= 15 is 0 Å². The van der Waals surface area contributed by atoms with Gasteiger partial charge in [0.2, 0.25) is 0 Å². The van der Waals surface area contributed by atoms with Crippen molar-refractivity contribution < 1.29 is 47.6 Å². The lowest BCUT2D eigenvalue weighted by Gasteiger charge is -2.25. The van der Waals surface area contributed by atoms with Crippen molar-refractivity contribution in [2.75, 3.05) is 25.1 Å². The maximum Gasteiger partial charge on any atom is 0.508 e. The summed E-state index contributed by atoms with van der Waals surface area (Å²) in [5, 5.41) is 21.6. The van der Waals surface area contributed by atoms with Gasteiger partial charge >= 0.3 is 29.8 Å². The molecule has 1 amide bonds. The Balaban J connectivity index is 2.70. The Bertz CT molecular complexity index is 895. The number of carbonyl (C=O) groups excluding carboxylic acids is 3. The minimum Gasteiger partial charge on any atom is -0.449 e. The molecule has 1 rings (SSSR count). The average Bonchev–Trinajstić information content (AvgIpc) is 2.82. The summed E-state index contributed by atoms with van der Waals surface area (Å²) in [4.78, 5) is 50.6. The van der Waals surface area contributed by atoms with Gasteiger partial charge in [-0.15, -0.1) is 0 Å². The summed E-state index contributed by atoms with van der Waals surface area (Å²) >= 11 is 0. The number of nitrogens with zero attached hydrogens (tertiary/aromatic N) is 2. The predicted octanol–water partition coefficient (Wildman–Crippen LogP) is 2.32. The molecule has 1 aromatic heterocycles. The van der Waals surface area contributed by atoms with E-state index in [2.05, 4.69) is 19.8 Å². The van der Waals surface area contributed by atoms with Crippen LogP contribution in [0.15, 0.2) is 17.1 Å². The van der Waals surface area contributed by atoms with E-state index in [-0.39, 0.29) is 23.6 Å². The van der Waals surface area contributed by atoms with Crippen LogP contribution >= 0.6 is 0 Å². The lowest BCUT2D eigenvalue weighted by molar-refractivity contribution is -0.139. The van der Waals surface area contributed by atoms with E-state index in [4.69, 9.17) is 4.74 Å². The van der Waals surface area contributed by atoms with Gasteiger partial charge in [-0.1, -0.05) is 39.5 Å². The molecule has 0 radical (unpaired) electrons. The minimum atomic E-state index is -4.66. The van der Waals surface area contributed by atoms with Crippen LogP contribution < -0.4 is 11.0 Å². The van der Waals surface area contributed by atoms with Crippen LogP contribution in [0, 0.1) is 0 Å². The van der Waals surface area contributed by atoms with Crippen LogP contribution in [0.3, 0.4) is 0 Å². The molecule has 1 aromatic rings. The molecule has 0 aliphatic carbocycles. The largest absolute Gasteiger partial charge is 0.508 e. The van der Waals surface area contributed by atoms with Crippen LogP contribution in [-0.2, 0) is 14.2 Å². The molecule has 0 saturated heterocycles. The number of ether oxygens (including phenoxy) is 3. The Morgan fingerprint density at radius 3 is 2.23 bits per heavy atom. The molecule has 0 saturated carbocycles. The van der Waals surface area contributed by atoms with E-state index in [9.17, 15) is 38.2 Å². The SMILES string of the molecule is CCCCCOC(=O)Nc1ccn(C(=O)C(F)(F)[C@H](O)[C@H](O)COC(=O)OCCCCC)c(=O)n1. The topological polar surface area (TPSA) is 166 Å². The lowest BCUT2D eigenvalue weighted by atomic mass is 10.1. The van der Waals surface area contributed by atoms with Gasteiger partial charge in [-0.05, 0) is 18.9 Å². The molecule has 14 heteroatoms. The number of amides is 1. The van der Waals surface area contributed by atoms with Crippen molar-refractivity contribution in [2.24, 2.45) is 0 Å². The first kappa shape index (κ1) is 29.9. The summed E-state index contributed by atoms with van der Waals surface area (Å²) in [5.74, 6) is -7.21. The minimum absolute atomic E-state index is 0.0251. The van der Waals surface area contributed by atoms with Crippen molar-refractivity contribution >= 4 is 24.0 Å². The third-order valence-electron chi connectivity index (χ3n) is 4.59. The van der Waals surface area contributed by atoms with E-state index in [1.54, 1.807) is 0 Å². The highest BCUT2D eigenvalue weighted by molar-refractivity contribution is 5.87. The number of hydrogen-bond donors (Lipinski definition) is 3. The number of rotatable bonds is 14. The Labute approximate surface area is 200 Å². The number of halogens is 2. The number of alkyl halides is 2. The van der Waals surface area contributed by atoms with Crippen LogP contribution in [0.25, 0.3) is 0 Å². The molecule has 2 atom stereocenters. The fourth-order valence-electron chi connectivity index (χ4n) is 2.61. The summed E-state index contributed by atoms with van der Waals surface area (Å²) in [6.07, 6.45) is -2.35. The summed E-state index contributed by atoms with van der Waals surface area (Å²) in [5.41, 5.74) is -1.48. The molecule has 3 N–H and O–H groups in total. The molecule has 12 nitrogen and oxygen atoms in total. The molecule has 0 unspecified atom stereocenters. The number of aliphatic hydroxyl groups is 2. The molecule has 0 aromatic carbocycles. The van der Waals surface area contributed by atoms with Gasteiger partial charge in [0.1, 0.15) is 18.5 Å². The van der Waals surface area contributed by atoms with Gasteiger partial charge in [0.15, 0.2) is 6.10 Å². The van der Waals surface area contributed by atoms with Crippen LogP contribution in [0.5, 0.6) is 0 Å². The summed E-state index contributed by atoms with van der Waals surface area (Å²) in [6.45, 7) is 2.95. The molecule has 0 aliphatic rings. The molecule has 0 spiro atoms. The average molecular weight is 507 g/mol. The number of hydrogen-bond acceptors (Lipinski definition) is 10. The third kappa shape index (κ3) is 9.94. The summed E-state index contributed by atoms with van der Waals surface area (Å²) in [6, 6.07) is 0.892. The van der Waals surface area contributed by atoms with E-state index < -0.39 is 48.6 Å². The zero-order chi connectivity index (χ0) is 26.4. The number of carbonyl (C=O) groups is 3. The van der Waals surface area contributed by atoms with Gasteiger partial charge in [-0.3, -0.25) is 10.1 Å². The molecule has 0 aliphatic heterocycles. The molecule has 198 valence electrons. The normalized spacial score (nSPS) is 13.0. The first-order valence-electron chi connectivity index (χ1n) is 11.2. The van der Waals surface area contributed by atoms with Crippen LogP contribution in [0.2, 0.25) is 0 Å². The molecule has 35 heavy (non-hydrogen) atoms. The quantitative estimate of drug-likeness (QED) is 0.251. The van der Waals surface area contributed by atoms with Gasteiger partial charge in [0, 0.05) is 6.20 Å².